The monoisotopic (exact) mass is 534 g/mol. The molecule has 1 aromatic carbocycles. The van der Waals surface area contributed by atoms with Crippen molar-refractivity contribution in [3.63, 3.8) is 0 Å². The van der Waals surface area contributed by atoms with E-state index >= 15 is 4.39 Å². The minimum Gasteiger partial charge on any atom is -0.347 e. The van der Waals surface area contributed by atoms with Crippen LogP contribution >= 0.6 is 0 Å². The number of sulfonamides is 1. The van der Waals surface area contributed by atoms with E-state index in [1.807, 2.05) is 20.8 Å². The molecule has 2 aromatic heterocycles. The van der Waals surface area contributed by atoms with Gasteiger partial charge in [0.05, 0.1) is 5.25 Å². The lowest BCUT2D eigenvalue weighted by Crippen LogP contribution is -2.35. The van der Waals surface area contributed by atoms with Crippen molar-refractivity contribution in [3.05, 3.63) is 47.9 Å². The van der Waals surface area contributed by atoms with Crippen molar-refractivity contribution in [2.24, 2.45) is 5.41 Å². The van der Waals surface area contributed by atoms with Crippen LogP contribution in [0.1, 0.15) is 50.9 Å². The fourth-order valence-electron chi connectivity index (χ4n) is 4.09. The molecular weight excluding hydrogens is 510 g/mol. The van der Waals surface area contributed by atoms with Gasteiger partial charge in [0.1, 0.15) is 18.2 Å². The first-order chi connectivity index (χ1) is 16.6. The van der Waals surface area contributed by atoms with Crippen molar-refractivity contribution in [1.29, 1.82) is 0 Å². The number of aromatic nitrogens is 3. The van der Waals surface area contributed by atoms with E-state index in [-0.39, 0.29) is 23.0 Å². The van der Waals surface area contributed by atoms with Crippen LogP contribution in [-0.4, -0.2) is 34.6 Å². The Morgan fingerprint density at radius 3 is 2.36 bits per heavy atom. The van der Waals surface area contributed by atoms with Crippen LogP contribution in [0.4, 0.5) is 26.3 Å². The van der Waals surface area contributed by atoms with E-state index in [1.54, 1.807) is 0 Å². The van der Waals surface area contributed by atoms with E-state index in [9.17, 15) is 30.4 Å². The van der Waals surface area contributed by atoms with Crippen molar-refractivity contribution < 1.29 is 34.8 Å². The normalized spacial score (nSPS) is 16.2. The molecule has 0 aliphatic heterocycles. The smallest absolute Gasteiger partial charge is 0.347 e. The predicted octanol–water partition coefficient (Wildman–Crippen LogP) is 5.69. The lowest BCUT2D eigenvalue weighted by atomic mass is 9.96. The zero-order valence-corrected chi connectivity index (χ0v) is 20.4. The van der Waals surface area contributed by atoms with Gasteiger partial charge in [-0.15, -0.1) is 0 Å². The topological polar surface area (TPSA) is 76.9 Å². The van der Waals surface area contributed by atoms with Crippen LogP contribution in [-0.2, 0) is 22.7 Å². The van der Waals surface area contributed by atoms with Crippen molar-refractivity contribution in [3.8, 4) is 11.1 Å². The third-order valence-electron chi connectivity index (χ3n) is 5.76. The lowest BCUT2D eigenvalue weighted by Gasteiger charge is -2.20. The van der Waals surface area contributed by atoms with Gasteiger partial charge in [0.15, 0.2) is 5.69 Å². The molecule has 0 spiro atoms. The highest BCUT2D eigenvalue weighted by molar-refractivity contribution is 7.90. The van der Waals surface area contributed by atoms with Gasteiger partial charge in [-0.05, 0) is 30.4 Å². The molecule has 196 valence electrons. The summed E-state index contributed by atoms with van der Waals surface area (Å²) in [7, 11) is -4.03. The molecule has 0 radical (unpaired) electrons. The largest absolute Gasteiger partial charge is 0.434 e. The van der Waals surface area contributed by atoms with Crippen LogP contribution in [0.15, 0.2) is 30.9 Å². The average Bonchev–Trinajstić information content (AvgIpc) is 3.55. The summed E-state index contributed by atoms with van der Waals surface area (Å²) in [5, 5.41) is -0.793. The van der Waals surface area contributed by atoms with Gasteiger partial charge in [0.25, 0.3) is 6.43 Å². The van der Waals surface area contributed by atoms with E-state index in [2.05, 4.69) is 14.7 Å². The molecule has 1 aliphatic carbocycles. The van der Waals surface area contributed by atoms with Gasteiger partial charge in [-0.3, -0.25) is 0 Å². The summed E-state index contributed by atoms with van der Waals surface area (Å²) < 4.78 is 113. The molecule has 13 heteroatoms. The lowest BCUT2D eigenvalue weighted by molar-refractivity contribution is -0.140. The Labute approximate surface area is 203 Å². The predicted molar refractivity (Wildman–Crippen MR) is 121 cm³/mol. The van der Waals surface area contributed by atoms with Crippen molar-refractivity contribution in [2.45, 2.75) is 64.1 Å². The molecule has 0 amide bonds. The van der Waals surface area contributed by atoms with Gasteiger partial charge in [-0.1, -0.05) is 20.8 Å². The zero-order valence-electron chi connectivity index (χ0n) is 19.6. The van der Waals surface area contributed by atoms with E-state index in [1.165, 1.54) is 10.8 Å². The van der Waals surface area contributed by atoms with Crippen molar-refractivity contribution in [2.75, 3.05) is 0 Å². The third kappa shape index (κ3) is 5.36. The molecule has 0 bridgehead atoms. The number of rotatable bonds is 7. The Balaban J connectivity index is 1.94. The van der Waals surface area contributed by atoms with Gasteiger partial charge in [0.2, 0.25) is 10.0 Å². The fourth-order valence-corrected chi connectivity index (χ4v) is 5.62. The highest BCUT2D eigenvalue weighted by Gasteiger charge is 2.40. The van der Waals surface area contributed by atoms with E-state index in [0.717, 1.165) is 18.3 Å². The van der Waals surface area contributed by atoms with Gasteiger partial charge < -0.3 is 4.57 Å². The summed E-state index contributed by atoms with van der Waals surface area (Å²) in [5.74, 6) is -1.12. The number of alkyl halides is 5. The summed E-state index contributed by atoms with van der Waals surface area (Å²) in [6.45, 7) is 5.81. The number of hydrogen-bond donors (Lipinski definition) is 1. The van der Waals surface area contributed by atoms with Crippen LogP contribution in [0.3, 0.4) is 0 Å². The number of fused-ring (bicyclic) bond motifs is 1. The summed E-state index contributed by atoms with van der Waals surface area (Å²) in [6, 6.07) is 0.0224. The number of nitrogens with one attached hydrogen (secondary N) is 1. The van der Waals surface area contributed by atoms with E-state index in [0.29, 0.717) is 19.2 Å². The first-order valence-electron chi connectivity index (χ1n) is 11.1. The molecule has 2 heterocycles. The Morgan fingerprint density at radius 1 is 1.14 bits per heavy atom. The van der Waals surface area contributed by atoms with Crippen LogP contribution < -0.4 is 4.72 Å². The molecule has 0 saturated heterocycles. The Morgan fingerprint density at radius 2 is 1.81 bits per heavy atom. The first-order valence-corrected chi connectivity index (χ1v) is 12.6. The molecule has 6 nitrogen and oxygen atoms in total. The van der Waals surface area contributed by atoms with E-state index in [4.69, 9.17) is 0 Å². The van der Waals surface area contributed by atoms with Crippen LogP contribution in [0.25, 0.3) is 22.0 Å². The molecule has 36 heavy (non-hydrogen) atoms. The Hall–Kier alpha value is -2.67. The maximum Gasteiger partial charge on any atom is 0.434 e. The molecule has 1 saturated carbocycles. The molecule has 1 fully saturated rings. The molecule has 1 N–H and O–H groups in total. The molecule has 1 unspecified atom stereocenters. The molecule has 4 rings (SSSR count). The first kappa shape index (κ1) is 26.4. The third-order valence-corrected chi connectivity index (χ3v) is 7.69. The Bertz CT molecular complexity index is 1390. The standard InChI is InChI=1S/C23H24F6N4O2S/c1-22(2,3)10-33-9-16(19(21(25)26)32-36(34,35)12-4-5-12)14-6-17(24)13(7-18(14)33)15-8-30-11-31-20(15)23(27,28)29/h6-9,11-12,19,21,32H,4-5,10H2,1-3H3. The molecule has 1 atom stereocenters. The SMILES string of the molecule is CC(C)(C)Cn1cc(C(NS(=O)(=O)C2CC2)C(F)F)c2cc(F)c(-c3cncnc3C(F)(F)F)cc21. The second kappa shape index (κ2) is 9.02. The quantitative estimate of drug-likeness (QED) is 0.395. The van der Waals surface area contributed by atoms with Crippen LogP contribution in [0, 0.1) is 11.2 Å². The van der Waals surface area contributed by atoms with Crippen LogP contribution in [0.5, 0.6) is 0 Å². The minimum absolute atomic E-state index is 0.0327. The Kier molecular flexibility index (Phi) is 6.61. The highest BCUT2D eigenvalue weighted by atomic mass is 32.2. The summed E-state index contributed by atoms with van der Waals surface area (Å²) >= 11 is 0. The fraction of sp³-hybridized carbons (Fsp3) is 0.478. The van der Waals surface area contributed by atoms with Gasteiger partial charge >= 0.3 is 6.18 Å². The maximum absolute atomic E-state index is 15.3. The van der Waals surface area contributed by atoms with Crippen molar-refractivity contribution in [1.82, 2.24) is 19.3 Å². The van der Waals surface area contributed by atoms with Crippen molar-refractivity contribution >= 4 is 20.9 Å². The average molecular weight is 535 g/mol. The summed E-state index contributed by atoms with van der Waals surface area (Å²) in [4.78, 5) is 6.86. The maximum atomic E-state index is 15.3. The zero-order chi connectivity index (χ0) is 26.6. The minimum atomic E-state index is -4.89. The molecule has 1 aliphatic rings. The molecular formula is C23H24F6N4O2S. The number of benzene rings is 1. The second-order valence-electron chi connectivity index (χ2n) is 10.1. The van der Waals surface area contributed by atoms with Gasteiger partial charge in [-0.2, -0.15) is 13.2 Å². The summed E-state index contributed by atoms with van der Waals surface area (Å²) in [6.07, 6.45) is -4.50. The molecule has 3 aromatic rings. The second-order valence-corrected chi connectivity index (χ2v) is 12.1. The highest BCUT2D eigenvalue weighted by Crippen LogP contribution is 2.40. The van der Waals surface area contributed by atoms with Gasteiger partial charge in [0, 0.05) is 46.5 Å². The number of nitrogens with zero attached hydrogens (tertiary/aromatic N) is 3. The van der Waals surface area contributed by atoms with Gasteiger partial charge in [-0.25, -0.2) is 36.3 Å². The van der Waals surface area contributed by atoms with Crippen LogP contribution in [0.2, 0.25) is 0 Å². The number of halogens is 6. The van der Waals surface area contributed by atoms with E-state index < -0.39 is 62.0 Å². The summed E-state index contributed by atoms with van der Waals surface area (Å²) in [5.41, 5.74) is -2.80. The number of hydrogen-bond acceptors (Lipinski definition) is 4.